The molecule has 0 aromatic heterocycles. The van der Waals surface area contributed by atoms with Crippen LogP contribution in [0.25, 0.3) is 0 Å². The molecule has 1 unspecified atom stereocenters. The molecule has 1 heterocycles. The van der Waals surface area contributed by atoms with E-state index in [1.807, 2.05) is 0 Å². The summed E-state index contributed by atoms with van der Waals surface area (Å²) in [6, 6.07) is 6.96. The van der Waals surface area contributed by atoms with Crippen LogP contribution in [0.2, 0.25) is 5.02 Å². The maximum atomic E-state index is 12.5. The largest absolute Gasteiger partial charge is 0.375 e. The summed E-state index contributed by atoms with van der Waals surface area (Å²) in [4.78, 5) is 13.4. The van der Waals surface area contributed by atoms with Crippen LogP contribution in [-0.2, 0) is 19.4 Å². The minimum atomic E-state index is -3.34. The van der Waals surface area contributed by atoms with Gasteiger partial charge in [0.1, 0.15) is 6.61 Å². The van der Waals surface area contributed by atoms with Gasteiger partial charge in [0.05, 0.1) is 11.0 Å². The van der Waals surface area contributed by atoms with Crippen LogP contribution >= 0.6 is 11.6 Å². The molecule has 7 heteroatoms. The first-order chi connectivity index (χ1) is 9.95. The van der Waals surface area contributed by atoms with E-state index >= 15 is 0 Å². The van der Waals surface area contributed by atoms with E-state index in [-0.39, 0.29) is 24.8 Å². The van der Waals surface area contributed by atoms with E-state index in [0.29, 0.717) is 23.6 Å². The van der Waals surface area contributed by atoms with Crippen molar-refractivity contribution in [3.63, 3.8) is 0 Å². The molecule has 0 radical (unpaired) electrons. The predicted molar refractivity (Wildman–Crippen MR) is 81.1 cm³/mol. The predicted octanol–water partition coefficient (Wildman–Crippen LogP) is 1.67. The third-order valence-electron chi connectivity index (χ3n) is 3.61. The van der Waals surface area contributed by atoms with Crippen molar-refractivity contribution < 1.29 is 17.9 Å². The van der Waals surface area contributed by atoms with E-state index in [2.05, 4.69) is 0 Å². The molecule has 0 bridgehead atoms. The van der Waals surface area contributed by atoms with Crippen LogP contribution in [-0.4, -0.2) is 51.8 Å². The van der Waals surface area contributed by atoms with Gasteiger partial charge < -0.3 is 9.64 Å². The van der Waals surface area contributed by atoms with Gasteiger partial charge in [-0.2, -0.15) is 0 Å². The van der Waals surface area contributed by atoms with Gasteiger partial charge in [-0.3, -0.25) is 4.79 Å². The Kier molecular flexibility index (Phi) is 5.24. The summed E-state index contributed by atoms with van der Waals surface area (Å²) in [6.45, 7) is 0.555. The molecule has 2 rings (SSSR count). The highest BCUT2D eigenvalue weighted by molar-refractivity contribution is 7.91. The van der Waals surface area contributed by atoms with Gasteiger partial charge in [0.25, 0.3) is 0 Å². The number of halogens is 1. The zero-order valence-electron chi connectivity index (χ0n) is 11.8. The van der Waals surface area contributed by atoms with E-state index in [4.69, 9.17) is 16.3 Å². The number of rotatable bonds is 3. The highest BCUT2D eigenvalue weighted by Gasteiger charge is 2.33. The van der Waals surface area contributed by atoms with Crippen molar-refractivity contribution in [3.05, 3.63) is 34.9 Å². The molecular formula is C14H18ClNO4S. The maximum absolute atomic E-state index is 12.5. The van der Waals surface area contributed by atoms with E-state index < -0.39 is 15.1 Å². The number of ether oxygens (including phenoxy) is 1. The molecule has 1 aromatic carbocycles. The first kappa shape index (κ1) is 16.3. The Labute approximate surface area is 129 Å². The lowest BCUT2D eigenvalue weighted by Gasteiger charge is -2.19. The number of carbonyl (C=O) groups excluding carboxylic acids is 1. The average molecular weight is 332 g/mol. The lowest BCUT2D eigenvalue weighted by atomic mass is 10.1. The molecule has 0 N–H and O–H groups in total. The van der Waals surface area contributed by atoms with Gasteiger partial charge >= 0.3 is 0 Å². The van der Waals surface area contributed by atoms with Crippen LogP contribution in [0.4, 0.5) is 0 Å². The SMILES string of the molecule is COCC(=O)N1CCC(c2ccccc2Cl)S(=O)(=O)CC1. The molecule has 1 aromatic rings. The maximum Gasteiger partial charge on any atom is 0.248 e. The van der Waals surface area contributed by atoms with Crippen molar-refractivity contribution >= 4 is 27.3 Å². The van der Waals surface area contributed by atoms with Crippen molar-refractivity contribution in [1.82, 2.24) is 4.90 Å². The minimum absolute atomic E-state index is 0.0309. The average Bonchev–Trinajstić information content (AvgIpc) is 2.58. The first-order valence-electron chi connectivity index (χ1n) is 6.68. The van der Waals surface area contributed by atoms with E-state index in [0.717, 1.165) is 0 Å². The summed E-state index contributed by atoms with van der Waals surface area (Å²) in [5, 5.41) is -0.214. The fourth-order valence-corrected chi connectivity index (χ4v) is 4.64. The molecule has 0 spiro atoms. The van der Waals surface area contributed by atoms with Crippen LogP contribution < -0.4 is 0 Å². The smallest absolute Gasteiger partial charge is 0.248 e. The van der Waals surface area contributed by atoms with Crippen LogP contribution in [0.15, 0.2) is 24.3 Å². The van der Waals surface area contributed by atoms with Crippen molar-refractivity contribution in [2.75, 3.05) is 32.6 Å². The summed E-state index contributed by atoms with van der Waals surface area (Å²) in [5.74, 6) is -0.245. The first-order valence-corrected chi connectivity index (χ1v) is 8.78. The Morgan fingerprint density at radius 3 is 2.76 bits per heavy atom. The Morgan fingerprint density at radius 2 is 2.10 bits per heavy atom. The Hall–Kier alpha value is -1.11. The summed E-state index contributed by atoms with van der Waals surface area (Å²) in [7, 11) is -1.89. The number of nitrogens with zero attached hydrogens (tertiary/aromatic N) is 1. The van der Waals surface area contributed by atoms with Gasteiger partial charge in [-0.15, -0.1) is 0 Å². The van der Waals surface area contributed by atoms with E-state index in [9.17, 15) is 13.2 Å². The van der Waals surface area contributed by atoms with Crippen molar-refractivity contribution in [2.24, 2.45) is 0 Å². The number of benzene rings is 1. The summed E-state index contributed by atoms with van der Waals surface area (Å²) in [6.07, 6.45) is 0.349. The second kappa shape index (κ2) is 6.77. The molecule has 1 saturated heterocycles. The normalized spacial score (nSPS) is 21.8. The molecule has 116 valence electrons. The summed E-state index contributed by atoms with van der Waals surface area (Å²) < 4.78 is 29.7. The lowest BCUT2D eigenvalue weighted by Crippen LogP contribution is -2.36. The van der Waals surface area contributed by atoms with Gasteiger partial charge in [-0.25, -0.2) is 8.42 Å². The molecule has 5 nitrogen and oxygen atoms in total. The Morgan fingerprint density at radius 1 is 1.38 bits per heavy atom. The van der Waals surface area contributed by atoms with Gasteiger partial charge in [-0.05, 0) is 18.1 Å². The third kappa shape index (κ3) is 3.75. The molecule has 1 fully saturated rings. The molecule has 0 aliphatic carbocycles. The molecule has 1 atom stereocenters. The topological polar surface area (TPSA) is 63.7 Å². The number of carbonyl (C=O) groups is 1. The molecular weight excluding hydrogens is 314 g/mol. The second-order valence-corrected chi connectivity index (χ2v) is 7.69. The monoisotopic (exact) mass is 331 g/mol. The zero-order valence-corrected chi connectivity index (χ0v) is 13.4. The number of hydrogen-bond donors (Lipinski definition) is 0. The number of methoxy groups -OCH3 is 1. The third-order valence-corrected chi connectivity index (χ3v) is 6.07. The number of amides is 1. The molecule has 0 saturated carbocycles. The van der Waals surface area contributed by atoms with Crippen molar-refractivity contribution in [1.29, 1.82) is 0 Å². The van der Waals surface area contributed by atoms with Crippen molar-refractivity contribution in [2.45, 2.75) is 11.7 Å². The standard InChI is InChI=1S/C14H18ClNO4S/c1-20-10-14(17)16-7-6-13(21(18,19)9-8-16)11-4-2-3-5-12(11)15/h2-5,13H,6-10H2,1H3. The van der Waals surface area contributed by atoms with Gasteiger partial charge in [0, 0.05) is 25.2 Å². The summed E-state index contributed by atoms with van der Waals surface area (Å²) in [5.41, 5.74) is 0.611. The Balaban J connectivity index is 2.24. The van der Waals surface area contributed by atoms with Crippen molar-refractivity contribution in [3.8, 4) is 0 Å². The van der Waals surface area contributed by atoms with Crippen LogP contribution in [0.1, 0.15) is 17.2 Å². The van der Waals surface area contributed by atoms with Crippen LogP contribution in [0.3, 0.4) is 0 Å². The number of sulfone groups is 1. The molecule has 21 heavy (non-hydrogen) atoms. The second-order valence-electron chi connectivity index (χ2n) is 4.98. The quantitative estimate of drug-likeness (QED) is 0.845. The fourth-order valence-electron chi connectivity index (χ4n) is 2.49. The minimum Gasteiger partial charge on any atom is -0.375 e. The zero-order chi connectivity index (χ0) is 15.5. The molecule has 1 aliphatic heterocycles. The summed E-state index contributed by atoms with van der Waals surface area (Å²) >= 11 is 6.12. The highest BCUT2D eigenvalue weighted by Crippen LogP contribution is 2.33. The van der Waals surface area contributed by atoms with E-state index in [1.165, 1.54) is 12.0 Å². The number of hydrogen-bond acceptors (Lipinski definition) is 4. The fraction of sp³-hybridized carbons (Fsp3) is 0.500. The lowest BCUT2D eigenvalue weighted by molar-refractivity contribution is -0.134. The van der Waals surface area contributed by atoms with Crippen LogP contribution in [0.5, 0.6) is 0 Å². The molecule has 1 aliphatic rings. The Bertz CT molecular complexity index is 617. The van der Waals surface area contributed by atoms with Crippen LogP contribution in [0, 0.1) is 0 Å². The van der Waals surface area contributed by atoms with E-state index in [1.54, 1.807) is 24.3 Å². The molecule has 1 amide bonds. The van der Waals surface area contributed by atoms with Gasteiger partial charge in [0.2, 0.25) is 5.91 Å². The van der Waals surface area contributed by atoms with Gasteiger partial charge in [0.15, 0.2) is 9.84 Å². The highest BCUT2D eigenvalue weighted by atomic mass is 35.5. The van der Waals surface area contributed by atoms with Gasteiger partial charge in [-0.1, -0.05) is 29.8 Å².